The first-order valence-corrected chi connectivity index (χ1v) is 7.88. The molecule has 1 N–H and O–H groups in total. The lowest BCUT2D eigenvalue weighted by molar-refractivity contribution is -0.125. The maximum Gasteiger partial charge on any atom is 0.223 e. The Morgan fingerprint density at radius 1 is 1.09 bits per heavy atom. The standard InChI is InChI=1S/C18H23N3O/c1-3-15(4-2)18(22)19-11-10-14-12-20-17(21-13-14)16-8-6-5-7-9-16/h5-9,12-13,15H,3-4,10-11H2,1-2H3,(H,19,22). The van der Waals surface area contributed by atoms with E-state index in [2.05, 4.69) is 15.3 Å². The van der Waals surface area contributed by atoms with Gasteiger partial charge in [-0.3, -0.25) is 4.79 Å². The first-order valence-electron chi connectivity index (χ1n) is 7.88. The normalized spacial score (nSPS) is 10.7. The number of aromatic nitrogens is 2. The quantitative estimate of drug-likeness (QED) is 0.853. The molecule has 0 spiro atoms. The van der Waals surface area contributed by atoms with E-state index < -0.39 is 0 Å². The molecule has 2 aromatic rings. The van der Waals surface area contributed by atoms with Crippen molar-refractivity contribution in [3.05, 3.63) is 48.3 Å². The average molecular weight is 297 g/mol. The van der Waals surface area contributed by atoms with Crippen LogP contribution in [0, 0.1) is 5.92 Å². The molecule has 0 atom stereocenters. The topological polar surface area (TPSA) is 54.9 Å². The number of carbonyl (C=O) groups excluding carboxylic acids is 1. The first kappa shape index (κ1) is 16.1. The van der Waals surface area contributed by atoms with Crippen LogP contribution in [0.15, 0.2) is 42.7 Å². The van der Waals surface area contributed by atoms with E-state index in [0.717, 1.165) is 36.2 Å². The number of rotatable bonds is 7. The predicted octanol–water partition coefficient (Wildman–Crippen LogP) is 3.24. The summed E-state index contributed by atoms with van der Waals surface area (Å²) in [6, 6.07) is 9.90. The van der Waals surface area contributed by atoms with E-state index in [0.29, 0.717) is 6.54 Å². The van der Waals surface area contributed by atoms with Crippen LogP contribution in [0.3, 0.4) is 0 Å². The first-order chi connectivity index (χ1) is 10.7. The number of benzene rings is 1. The monoisotopic (exact) mass is 297 g/mol. The zero-order valence-electron chi connectivity index (χ0n) is 13.2. The molecule has 0 fully saturated rings. The fourth-order valence-corrected chi connectivity index (χ4v) is 2.35. The molecule has 0 bridgehead atoms. The SMILES string of the molecule is CCC(CC)C(=O)NCCc1cnc(-c2ccccc2)nc1. The van der Waals surface area contributed by atoms with Crippen molar-refractivity contribution >= 4 is 5.91 Å². The molecule has 0 saturated heterocycles. The van der Waals surface area contributed by atoms with Crippen LogP contribution < -0.4 is 5.32 Å². The number of carbonyl (C=O) groups is 1. The van der Waals surface area contributed by atoms with Crippen LogP contribution in [0.25, 0.3) is 11.4 Å². The van der Waals surface area contributed by atoms with Gasteiger partial charge < -0.3 is 5.32 Å². The Bertz CT molecular complexity index is 577. The Hall–Kier alpha value is -2.23. The van der Waals surface area contributed by atoms with Crippen molar-refractivity contribution in [3.8, 4) is 11.4 Å². The number of amides is 1. The molecule has 2 rings (SSSR count). The van der Waals surface area contributed by atoms with Gasteiger partial charge in [0.15, 0.2) is 5.82 Å². The van der Waals surface area contributed by atoms with E-state index >= 15 is 0 Å². The van der Waals surface area contributed by atoms with E-state index in [1.165, 1.54) is 0 Å². The van der Waals surface area contributed by atoms with Crippen molar-refractivity contribution < 1.29 is 4.79 Å². The fraction of sp³-hybridized carbons (Fsp3) is 0.389. The summed E-state index contributed by atoms with van der Waals surface area (Å²) in [4.78, 5) is 20.7. The Labute approximate surface area is 132 Å². The molecule has 0 aliphatic heterocycles. The Balaban J connectivity index is 1.86. The highest BCUT2D eigenvalue weighted by Crippen LogP contribution is 2.13. The van der Waals surface area contributed by atoms with Crippen LogP contribution in [-0.4, -0.2) is 22.4 Å². The molecule has 0 aliphatic rings. The summed E-state index contributed by atoms with van der Waals surface area (Å²) in [5.74, 6) is 0.994. The van der Waals surface area contributed by atoms with Crippen LogP contribution in [0.4, 0.5) is 0 Å². The van der Waals surface area contributed by atoms with Crippen LogP contribution in [0.5, 0.6) is 0 Å². The van der Waals surface area contributed by atoms with Crippen molar-refractivity contribution in [2.75, 3.05) is 6.54 Å². The lowest BCUT2D eigenvalue weighted by Gasteiger charge is -2.12. The average Bonchev–Trinajstić information content (AvgIpc) is 2.57. The molecular formula is C18H23N3O. The molecular weight excluding hydrogens is 274 g/mol. The minimum atomic E-state index is 0.122. The smallest absolute Gasteiger partial charge is 0.223 e. The maximum absolute atomic E-state index is 11.9. The molecule has 1 aromatic heterocycles. The second-order valence-electron chi connectivity index (χ2n) is 5.34. The molecule has 0 saturated carbocycles. The van der Waals surface area contributed by atoms with Crippen molar-refractivity contribution in [1.29, 1.82) is 0 Å². The molecule has 0 unspecified atom stereocenters. The molecule has 4 heteroatoms. The van der Waals surface area contributed by atoms with Crippen molar-refractivity contribution in [2.45, 2.75) is 33.1 Å². The Morgan fingerprint density at radius 3 is 2.32 bits per heavy atom. The highest BCUT2D eigenvalue weighted by atomic mass is 16.1. The van der Waals surface area contributed by atoms with Crippen LogP contribution >= 0.6 is 0 Å². The molecule has 116 valence electrons. The highest BCUT2D eigenvalue weighted by molar-refractivity contribution is 5.78. The zero-order chi connectivity index (χ0) is 15.8. The summed E-state index contributed by atoms with van der Waals surface area (Å²) in [5.41, 5.74) is 2.04. The van der Waals surface area contributed by atoms with Crippen LogP contribution in [0.2, 0.25) is 0 Å². The molecule has 0 radical (unpaired) electrons. The predicted molar refractivity (Wildman–Crippen MR) is 88.3 cm³/mol. The Morgan fingerprint density at radius 2 is 1.73 bits per heavy atom. The van der Waals surface area contributed by atoms with E-state index in [-0.39, 0.29) is 11.8 Å². The summed E-state index contributed by atoms with van der Waals surface area (Å²) in [7, 11) is 0. The highest BCUT2D eigenvalue weighted by Gasteiger charge is 2.12. The second-order valence-corrected chi connectivity index (χ2v) is 5.34. The van der Waals surface area contributed by atoms with Gasteiger partial charge in [-0.15, -0.1) is 0 Å². The summed E-state index contributed by atoms with van der Waals surface area (Å²) < 4.78 is 0. The van der Waals surface area contributed by atoms with E-state index in [9.17, 15) is 4.79 Å². The summed E-state index contributed by atoms with van der Waals surface area (Å²) >= 11 is 0. The molecule has 1 heterocycles. The van der Waals surface area contributed by atoms with Gasteiger partial charge in [0.05, 0.1) is 0 Å². The van der Waals surface area contributed by atoms with Gasteiger partial charge in [-0.2, -0.15) is 0 Å². The molecule has 22 heavy (non-hydrogen) atoms. The fourth-order valence-electron chi connectivity index (χ4n) is 2.35. The third-order valence-electron chi connectivity index (χ3n) is 3.81. The largest absolute Gasteiger partial charge is 0.356 e. The lowest BCUT2D eigenvalue weighted by atomic mass is 10.0. The van der Waals surface area contributed by atoms with Crippen molar-refractivity contribution in [1.82, 2.24) is 15.3 Å². The summed E-state index contributed by atoms with van der Waals surface area (Å²) in [6.45, 7) is 4.72. The Kier molecular flexibility index (Phi) is 6.07. The van der Waals surface area contributed by atoms with Crippen molar-refractivity contribution in [2.24, 2.45) is 5.92 Å². The van der Waals surface area contributed by atoms with Gasteiger partial charge in [0.1, 0.15) is 0 Å². The number of hydrogen-bond donors (Lipinski definition) is 1. The number of nitrogens with one attached hydrogen (secondary N) is 1. The maximum atomic E-state index is 11.9. The molecule has 1 amide bonds. The van der Waals surface area contributed by atoms with E-state index in [1.54, 1.807) is 0 Å². The number of nitrogens with zero attached hydrogens (tertiary/aromatic N) is 2. The molecule has 0 aliphatic carbocycles. The third-order valence-corrected chi connectivity index (χ3v) is 3.81. The van der Waals surface area contributed by atoms with Gasteiger partial charge in [0.2, 0.25) is 5.91 Å². The summed E-state index contributed by atoms with van der Waals surface area (Å²) in [5, 5.41) is 2.98. The van der Waals surface area contributed by atoms with Crippen LogP contribution in [0.1, 0.15) is 32.3 Å². The van der Waals surface area contributed by atoms with Gasteiger partial charge in [-0.1, -0.05) is 44.2 Å². The zero-order valence-corrected chi connectivity index (χ0v) is 13.2. The lowest BCUT2D eigenvalue weighted by Crippen LogP contribution is -2.31. The van der Waals surface area contributed by atoms with Gasteiger partial charge in [0.25, 0.3) is 0 Å². The molecule has 1 aromatic carbocycles. The van der Waals surface area contributed by atoms with Crippen molar-refractivity contribution in [3.63, 3.8) is 0 Å². The second kappa shape index (κ2) is 8.27. The van der Waals surface area contributed by atoms with E-state index in [1.807, 2.05) is 56.6 Å². The third kappa shape index (κ3) is 4.38. The van der Waals surface area contributed by atoms with Crippen LogP contribution in [-0.2, 0) is 11.2 Å². The minimum Gasteiger partial charge on any atom is -0.356 e. The van der Waals surface area contributed by atoms with Gasteiger partial charge >= 0.3 is 0 Å². The van der Waals surface area contributed by atoms with E-state index in [4.69, 9.17) is 0 Å². The van der Waals surface area contributed by atoms with Gasteiger partial charge in [0, 0.05) is 30.4 Å². The molecule has 4 nitrogen and oxygen atoms in total. The minimum absolute atomic E-state index is 0.122. The summed E-state index contributed by atoms with van der Waals surface area (Å²) in [6.07, 6.45) is 6.19. The van der Waals surface area contributed by atoms with Gasteiger partial charge in [-0.25, -0.2) is 9.97 Å². The number of hydrogen-bond acceptors (Lipinski definition) is 3. The van der Waals surface area contributed by atoms with Gasteiger partial charge in [-0.05, 0) is 24.8 Å².